The molecule has 6 nitrogen and oxygen atoms in total. The Bertz CT molecular complexity index is 673. The summed E-state index contributed by atoms with van der Waals surface area (Å²) in [5.74, 6) is 0.683. The molecule has 0 fully saturated rings. The van der Waals surface area contributed by atoms with Crippen LogP contribution in [-0.4, -0.2) is 33.9 Å². The van der Waals surface area contributed by atoms with Gasteiger partial charge in [-0.1, -0.05) is 29.8 Å². The lowest BCUT2D eigenvalue weighted by molar-refractivity contribution is 0.0616. The standard InChI is InChI=1S/C18H27N5O/c1-5-19-17(20-10-15-8-6-14(2)7-9-15)21-13-18(3,24)16-11-22-23(4)12-16/h6-9,11-12,24H,5,10,13H2,1-4H3,(H2,19,20,21). The summed E-state index contributed by atoms with van der Waals surface area (Å²) in [5.41, 5.74) is 2.14. The normalized spacial score (nSPS) is 14.3. The molecule has 0 aliphatic carbocycles. The Morgan fingerprint density at radius 3 is 2.58 bits per heavy atom. The molecule has 1 atom stereocenters. The monoisotopic (exact) mass is 329 g/mol. The van der Waals surface area contributed by atoms with Crippen LogP contribution in [0.5, 0.6) is 0 Å². The molecule has 130 valence electrons. The number of aryl methyl sites for hydroxylation is 2. The minimum atomic E-state index is -1.02. The van der Waals surface area contributed by atoms with Crippen molar-refractivity contribution in [3.63, 3.8) is 0 Å². The molecule has 3 N–H and O–H groups in total. The molecule has 0 saturated carbocycles. The van der Waals surface area contributed by atoms with E-state index in [2.05, 4.69) is 51.9 Å². The Morgan fingerprint density at radius 1 is 1.29 bits per heavy atom. The van der Waals surface area contributed by atoms with Crippen LogP contribution in [0.1, 0.15) is 30.5 Å². The van der Waals surface area contributed by atoms with Crippen molar-refractivity contribution in [2.75, 3.05) is 13.1 Å². The van der Waals surface area contributed by atoms with Crippen molar-refractivity contribution in [2.45, 2.75) is 32.9 Å². The fraction of sp³-hybridized carbons (Fsp3) is 0.444. The van der Waals surface area contributed by atoms with E-state index < -0.39 is 5.60 Å². The first-order chi connectivity index (χ1) is 11.4. The first-order valence-corrected chi connectivity index (χ1v) is 8.20. The number of hydrogen-bond donors (Lipinski definition) is 3. The van der Waals surface area contributed by atoms with Crippen LogP contribution in [0, 0.1) is 6.92 Å². The lowest BCUT2D eigenvalue weighted by Gasteiger charge is -2.23. The highest BCUT2D eigenvalue weighted by molar-refractivity contribution is 5.79. The summed E-state index contributed by atoms with van der Waals surface area (Å²) in [7, 11) is 1.83. The van der Waals surface area contributed by atoms with Crippen LogP contribution in [0.2, 0.25) is 0 Å². The van der Waals surface area contributed by atoms with Gasteiger partial charge in [0.05, 0.1) is 19.3 Å². The Morgan fingerprint density at radius 2 is 2.00 bits per heavy atom. The van der Waals surface area contributed by atoms with Gasteiger partial charge >= 0.3 is 0 Å². The van der Waals surface area contributed by atoms with Crippen LogP contribution in [0.25, 0.3) is 0 Å². The quantitative estimate of drug-likeness (QED) is 0.557. The number of aliphatic imine (C=N–C) groups is 1. The second-order valence-corrected chi connectivity index (χ2v) is 6.21. The molecule has 0 spiro atoms. The van der Waals surface area contributed by atoms with Crippen molar-refractivity contribution >= 4 is 5.96 Å². The fourth-order valence-corrected chi connectivity index (χ4v) is 2.26. The Kier molecular flexibility index (Phi) is 5.98. The zero-order valence-electron chi connectivity index (χ0n) is 14.9. The van der Waals surface area contributed by atoms with Crippen LogP contribution in [0.15, 0.2) is 41.7 Å². The second kappa shape index (κ2) is 7.97. The van der Waals surface area contributed by atoms with Gasteiger partial charge in [0.25, 0.3) is 0 Å². The van der Waals surface area contributed by atoms with Gasteiger partial charge in [0.15, 0.2) is 5.96 Å². The molecular weight excluding hydrogens is 302 g/mol. The lowest BCUT2D eigenvalue weighted by Crippen LogP contribution is -2.44. The smallest absolute Gasteiger partial charge is 0.191 e. The predicted molar refractivity (Wildman–Crippen MR) is 96.8 cm³/mol. The van der Waals surface area contributed by atoms with Gasteiger partial charge < -0.3 is 15.7 Å². The lowest BCUT2D eigenvalue weighted by atomic mass is 10.00. The van der Waals surface area contributed by atoms with Crippen LogP contribution in [0.4, 0.5) is 0 Å². The van der Waals surface area contributed by atoms with Gasteiger partial charge in [0.1, 0.15) is 5.60 Å². The Hall–Kier alpha value is -2.34. The van der Waals surface area contributed by atoms with E-state index in [0.717, 1.165) is 17.7 Å². The minimum absolute atomic E-state index is 0.346. The molecule has 2 aromatic rings. The van der Waals surface area contributed by atoms with E-state index in [4.69, 9.17) is 0 Å². The summed E-state index contributed by atoms with van der Waals surface area (Å²) in [5, 5.41) is 21.1. The molecule has 0 radical (unpaired) electrons. The third-order valence-electron chi connectivity index (χ3n) is 3.81. The third kappa shape index (κ3) is 5.09. The van der Waals surface area contributed by atoms with Crippen LogP contribution < -0.4 is 10.6 Å². The van der Waals surface area contributed by atoms with E-state index in [-0.39, 0.29) is 0 Å². The van der Waals surface area contributed by atoms with E-state index in [1.54, 1.807) is 17.8 Å². The number of nitrogens with one attached hydrogen (secondary N) is 2. The molecule has 0 aliphatic heterocycles. The summed E-state index contributed by atoms with van der Waals surface area (Å²) < 4.78 is 1.68. The zero-order chi connectivity index (χ0) is 17.6. The molecule has 0 aliphatic rings. The van der Waals surface area contributed by atoms with E-state index in [9.17, 15) is 5.11 Å². The molecule has 1 unspecified atom stereocenters. The van der Waals surface area contributed by atoms with Gasteiger partial charge in [-0.05, 0) is 26.3 Å². The van der Waals surface area contributed by atoms with Gasteiger partial charge in [0, 0.05) is 25.4 Å². The molecule has 6 heteroatoms. The molecule has 0 amide bonds. The summed E-state index contributed by atoms with van der Waals surface area (Å²) >= 11 is 0. The number of benzene rings is 1. The van der Waals surface area contributed by atoms with Gasteiger partial charge in [-0.2, -0.15) is 5.10 Å². The molecule has 24 heavy (non-hydrogen) atoms. The first kappa shape index (κ1) is 18.0. The van der Waals surface area contributed by atoms with Gasteiger partial charge in [0.2, 0.25) is 0 Å². The largest absolute Gasteiger partial charge is 0.383 e. The number of aromatic nitrogens is 2. The van der Waals surface area contributed by atoms with Crippen molar-refractivity contribution < 1.29 is 5.11 Å². The summed E-state index contributed by atoms with van der Waals surface area (Å²) in [6.45, 7) is 7.54. The molecule has 1 aromatic carbocycles. The topological polar surface area (TPSA) is 74.5 Å². The SMILES string of the molecule is CCNC(=NCc1ccc(C)cc1)NCC(C)(O)c1cnn(C)c1. The van der Waals surface area contributed by atoms with Gasteiger partial charge in [-0.3, -0.25) is 4.68 Å². The minimum Gasteiger partial charge on any atom is -0.383 e. The predicted octanol–water partition coefficient (Wildman–Crippen LogP) is 1.69. The van der Waals surface area contributed by atoms with Crippen molar-refractivity contribution in [2.24, 2.45) is 12.0 Å². The van der Waals surface area contributed by atoms with E-state index in [1.807, 2.05) is 20.2 Å². The van der Waals surface area contributed by atoms with Crippen molar-refractivity contribution in [3.8, 4) is 0 Å². The number of hydrogen-bond acceptors (Lipinski definition) is 3. The second-order valence-electron chi connectivity index (χ2n) is 6.21. The zero-order valence-corrected chi connectivity index (χ0v) is 14.9. The maximum absolute atomic E-state index is 10.6. The Balaban J connectivity index is 1.99. The maximum atomic E-state index is 10.6. The van der Waals surface area contributed by atoms with Crippen LogP contribution in [0.3, 0.4) is 0 Å². The molecule has 2 rings (SSSR count). The van der Waals surface area contributed by atoms with Crippen LogP contribution >= 0.6 is 0 Å². The van der Waals surface area contributed by atoms with Crippen molar-refractivity contribution in [3.05, 3.63) is 53.3 Å². The number of guanidine groups is 1. The fourth-order valence-electron chi connectivity index (χ4n) is 2.26. The molecular formula is C18H27N5O. The summed E-state index contributed by atoms with van der Waals surface area (Å²) in [6, 6.07) is 8.32. The van der Waals surface area contributed by atoms with Crippen LogP contribution in [-0.2, 0) is 19.2 Å². The molecule has 0 bridgehead atoms. The number of aliphatic hydroxyl groups is 1. The summed E-state index contributed by atoms with van der Waals surface area (Å²) in [4.78, 5) is 4.58. The summed E-state index contributed by atoms with van der Waals surface area (Å²) in [6.07, 6.45) is 3.50. The first-order valence-electron chi connectivity index (χ1n) is 8.20. The molecule has 1 aromatic heterocycles. The van der Waals surface area contributed by atoms with E-state index in [1.165, 1.54) is 5.56 Å². The van der Waals surface area contributed by atoms with E-state index >= 15 is 0 Å². The maximum Gasteiger partial charge on any atom is 0.191 e. The van der Waals surface area contributed by atoms with Crippen molar-refractivity contribution in [1.29, 1.82) is 0 Å². The highest BCUT2D eigenvalue weighted by Crippen LogP contribution is 2.18. The van der Waals surface area contributed by atoms with Gasteiger partial charge in [-0.25, -0.2) is 4.99 Å². The molecule has 0 saturated heterocycles. The average molecular weight is 329 g/mol. The van der Waals surface area contributed by atoms with Gasteiger partial charge in [-0.15, -0.1) is 0 Å². The highest BCUT2D eigenvalue weighted by Gasteiger charge is 2.24. The van der Waals surface area contributed by atoms with Crippen molar-refractivity contribution in [1.82, 2.24) is 20.4 Å². The Labute approximate surface area is 143 Å². The number of nitrogens with zero attached hydrogens (tertiary/aromatic N) is 3. The number of rotatable bonds is 6. The third-order valence-corrected chi connectivity index (χ3v) is 3.81. The van der Waals surface area contributed by atoms with E-state index in [0.29, 0.717) is 19.0 Å². The average Bonchev–Trinajstić information content (AvgIpc) is 2.99. The highest BCUT2D eigenvalue weighted by atomic mass is 16.3. The molecule has 1 heterocycles.